The van der Waals surface area contributed by atoms with Crippen molar-refractivity contribution in [1.82, 2.24) is 5.32 Å². The predicted octanol–water partition coefficient (Wildman–Crippen LogP) is 4.84. The zero-order valence-electron chi connectivity index (χ0n) is 18.9. The summed E-state index contributed by atoms with van der Waals surface area (Å²) in [4.78, 5) is 13.2. The molecule has 6 heteroatoms. The molecule has 1 amide bonds. The zero-order chi connectivity index (χ0) is 22.2. The second-order valence-electron chi connectivity index (χ2n) is 7.52. The van der Waals surface area contributed by atoms with E-state index in [-0.39, 0.29) is 18.1 Å². The Hall–Kier alpha value is -2.73. The van der Waals surface area contributed by atoms with Gasteiger partial charge in [0.2, 0.25) is 5.75 Å². The molecule has 0 saturated carbocycles. The first-order valence-electron chi connectivity index (χ1n) is 11.1. The molecule has 1 N–H and O–H groups in total. The summed E-state index contributed by atoms with van der Waals surface area (Å²) in [5.41, 5.74) is 2.75. The third-order valence-corrected chi connectivity index (χ3v) is 5.22. The smallest absolute Gasteiger partial charge is 0.251 e. The summed E-state index contributed by atoms with van der Waals surface area (Å²) < 4.78 is 23.3. The van der Waals surface area contributed by atoms with E-state index >= 15 is 0 Å². The molecule has 1 saturated heterocycles. The Balaban J connectivity index is 1.85. The molecule has 3 rings (SSSR count). The van der Waals surface area contributed by atoms with Crippen LogP contribution in [0.1, 0.15) is 61.2 Å². The summed E-state index contributed by atoms with van der Waals surface area (Å²) in [6, 6.07) is 11.6. The maximum Gasteiger partial charge on any atom is 0.251 e. The summed E-state index contributed by atoms with van der Waals surface area (Å²) in [6.07, 6.45) is 1.60. The van der Waals surface area contributed by atoms with Crippen molar-refractivity contribution in [3.05, 3.63) is 53.1 Å². The third kappa shape index (κ3) is 5.70. The van der Waals surface area contributed by atoms with Crippen LogP contribution in [0.15, 0.2) is 36.4 Å². The average molecular weight is 428 g/mol. The van der Waals surface area contributed by atoms with Crippen LogP contribution >= 0.6 is 0 Å². The fraction of sp³-hybridized carbons (Fsp3) is 0.480. The molecule has 0 aliphatic carbocycles. The van der Waals surface area contributed by atoms with Gasteiger partial charge in [0.1, 0.15) is 6.10 Å². The number of aryl methyl sites for hydroxylation is 1. The van der Waals surface area contributed by atoms with Crippen molar-refractivity contribution in [2.24, 2.45) is 0 Å². The van der Waals surface area contributed by atoms with Crippen LogP contribution in [-0.2, 0) is 4.74 Å². The highest BCUT2D eigenvalue weighted by molar-refractivity contribution is 5.96. The molecule has 0 unspecified atom stereocenters. The lowest BCUT2D eigenvalue weighted by molar-refractivity contribution is -0.00947. The van der Waals surface area contributed by atoms with E-state index in [1.54, 1.807) is 12.1 Å². The minimum Gasteiger partial charge on any atom is -0.490 e. The normalized spacial score (nSPS) is 18.3. The number of carbonyl (C=O) groups excluding carboxylic acids is 1. The van der Waals surface area contributed by atoms with E-state index in [0.717, 1.165) is 18.4 Å². The van der Waals surface area contributed by atoms with Gasteiger partial charge >= 0.3 is 0 Å². The number of carbonyl (C=O) groups is 1. The third-order valence-electron chi connectivity index (χ3n) is 5.22. The van der Waals surface area contributed by atoms with E-state index in [2.05, 4.69) is 36.5 Å². The second kappa shape index (κ2) is 11.0. The van der Waals surface area contributed by atoms with E-state index in [9.17, 15) is 4.79 Å². The number of hydrogen-bond acceptors (Lipinski definition) is 5. The molecule has 0 radical (unpaired) electrons. The van der Waals surface area contributed by atoms with E-state index in [4.69, 9.17) is 18.9 Å². The van der Waals surface area contributed by atoms with E-state index in [1.165, 1.54) is 5.56 Å². The fourth-order valence-corrected chi connectivity index (χ4v) is 3.79. The Morgan fingerprint density at radius 3 is 2.19 bits per heavy atom. The van der Waals surface area contributed by atoms with Gasteiger partial charge in [-0.3, -0.25) is 4.79 Å². The van der Waals surface area contributed by atoms with Crippen molar-refractivity contribution in [1.29, 1.82) is 0 Å². The molecule has 2 atom stereocenters. The molecular weight excluding hydrogens is 394 g/mol. The van der Waals surface area contributed by atoms with E-state index in [1.807, 2.05) is 20.8 Å². The van der Waals surface area contributed by atoms with Crippen molar-refractivity contribution in [2.45, 2.75) is 52.7 Å². The highest BCUT2D eigenvalue weighted by Gasteiger charge is 2.29. The van der Waals surface area contributed by atoms with Crippen LogP contribution in [-0.4, -0.2) is 38.4 Å². The van der Waals surface area contributed by atoms with Gasteiger partial charge in [-0.2, -0.15) is 0 Å². The van der Waals surface area contributed by atoms with E-state index < -0.39 is 0 Å². The van der Waals surface area contributed by atoms with Crippen molar-refractivity contribution in [3.63, 3.8) is 0 Å². The first-order chi connectivity index (χ1) is 15.1. The molecule has 2 aromatic carbocycles. The van der Waals surface area contributed by atoms with Crippen LogP contribution in [0.4, 0.5) is 0 Å². The maximum atomic E-state index is 13.2. The summed E-state index contributed by atoms with van der Waals surface area (Å²) >= 11 is 0. The van der Waals surface area contributed by atoms with Crippen LogP contribution in [0.2, 0.25) is 0 Å². The number of hydrogen-bond donors (Lipinski definition) is 1. The van der Waals surface area contributed by atoms with Crippen LogP contribution in [0.3, 0.4) is 0 Å². The molecular formula is C25H33NO5. The Bertz CT molecular complexity index is 838. The highest BCUT2D eigenvalue weighted by atomic mass is 16.5. The van der Waals surface area contributed by atoms with Crippen molar-refractivity contribution >= 4 is 5.91 Å². The van der Waals surface area contributed by atoms with Gasteiger partial charge in [0.15, 0.2) is 11.5 Å². The van der Waals surface area contributed by atoms with Crippen LogP contribution in [0.25, 0.3) is 0 Å². The SMILES string of the molecule is CCOc1cc(C(=O)N[C@@H]2CCCO[C@@H]2c2ccc(C)cc2)cc(OCC)c1OCC. The molecule has 0 spiro atoms. The van der Waals surface area contributed by atoms with Crippen LogP contribution in [0.5, 0.6) is 17.2 Å². The summed E-state index contributed by atoms with van der Waals surface area (Å²) in [5.74, 6) is 1.37. The van der Waals surface area contributed by atoms with Gasteiger partial charge in [0.25, 0.3) is 5.91 Å². The van der Waals surface area contributed by atoms with Gasteiger partial charge in [-0.15, -0.1) is 0 Å². The fourth-order valence-electron chi connectivity index (χ4n) is 3.79. The van der Waals surface area contributed by atoms with Gasteiger partial charge in [-0.05, 0) is 58.2 Å². The predicted molar refractivity (Wildman–Crippen MR) is 120 cm³/mol. The molecule has 2 aromatic rings. The van der Waals surface area contributed by atoms with Gasteiger partial charge < -0.3 is 24.3 Å². The van der Waals surface area contributed by atoms with Crippen LogP contribution < -0.4 is 19.5 Å². The Morgan fingerprint density at radius 2 is 1.61 bits per heavy atom. The Labute approximate surface area is 184 Å². The number of rotatable bonds is 9. The molecule has 0 bridgehead atoms. The van der Waals surface area contributed by atoms with Gasteiger partial charge in [-0.1, -0.05) is 29.8 Å². The Morgan fingerprint density at radius 1 is 1.00 bits per heavy atom. The lowest BCUT2D eigenvalue weighted by Gasteiger charge is -2.33. The molecule has 1 aliphatic heterocycles. The molecule has 1 aliphatic rings. The largest absolute Gasteiger partial charge is 0.490 e. The first kappa shape index (κ1) is 22.9. The first-order valence-corrected chi connectivity index (χ1v) is 11.1. The monoisotopic (exact) mass is 427 g/mol. The summed E-state index contributed by atoms with van der Waals surface area (Å²) in [5, 5.41) is 3.17. The molecule has 168 valence electrons. The van der Waals surface area contributed by atoms with Gasteiger partial charge in [-0.25, -0.2) is 0 Å². The molecule has 0 aromatic heterocycles. The second-order valence-corrected chi connectivity index (χ2v) is 7.52. The average Bonchev–Trinajstić information content (AvgIpc) is 2.77. The van der Waals surface area contributed by atoms with Crippen molar-refractivity contribution in [3.8, 4) is 17.2 Å². The van der Waals surface area contributed by atoms with Crippen molar-refractivity contribution in [2.75, 3.05) is 26.4 Å². The minimum absolute atomic E-state index is 0.110. The Kier molecular flexibility index (Phi) is 8.18. The number of amides is 1. The molecule has 1 heterocycles. The molecule has 6 nitrogen and oxygen atoms in total. The summed E-state index contributed by atoms with van der Waals surface area (Å²) in [6.45, 7) is 9.84. The summed E-state index contributed by atoms with van der Waals surface area (Å²) in [7, 11) is 0. The number of ether oxygens (including phenoxy) is 4. The van der Waals surface area contributed by atoms with Gasteiger partial charge in [0, 0.05) is 12.2 Å². The van der Waals surface area contributed by atoms with Crippen molar-refractivity contribution < 1.29 is 23.7 Å². The van der Waals surface area contributed by atoms with Gasteiger partial charge in [0.05, 0.1) is 25.9 Å². The zero-order valence-corrected chi connectivity index (χ0v) is 18.9. The standard InChI is InChI=1S/C25H33NO5/c1-5-28-21-15-19(16-22(29-6-2)24(21)30-7-3)25(27)26-20-9-8-14-31-23(20)18-12-10-17(4)11-13-18/h10-13,15-16,20,23H,5-9,14H2,1-4H3,(H,26,27)/t20-,23-/m1/s1. The minimum atomic E-state index is -0.183. The number of nitrogens with one attached hydrogen (secondary N) is 1. The topological polar surface area (TPSA) is 66.0 Å². The van der Waals surface area contributed by atoms with E-state index in [0.29, 0.717) is 49.2 Å². The molecule has 31 heavy (non-hydrogen) atoms. The lowest BCUT2D eigenvalue weighted by atomic mass is 9.95. The van der Waals surface area contributed by atoms with Crippen LogP contribution in [0, 0.1) is 6.92 Å². The maximum absolute atomic E-state index is 13.2. The quantitative estimate of drug-likeness (QED) is 0.620. The number of benzene rings is 2. The highest BCUT2D eigenvalue weighted by Crippen LogP contribution is 2.39. The lowest BCUT2D eigenvalue weighted by Crippen LogP contribution is -2.42. The molecule has 1 fully saturated rings.